The number of nitrogens with one attached hydrogen (secondary N) is 1. The molecule has 0 unspecified atom stereocenters. The van der Waals surface area contributed by atoms with E-state index in [0.29, 0.717) is 0 Å². The summed E-state index contributed by atoms with van der Waals surface area (Å²) in [6.07, 6.45) is 6.07. The highest BCUT2D eigenvalue weighted by molar-refractivity contribution is 5.80. The monoisotopic (exact) mass is 150 g/mol. The smallest absolute Gasteiger partial charge is 0.0382 e. The zero-order valence-electron chi connectivity index (χ0n) is 6.93. The molecule has 0 saturated heterocycles. The molecule has 2 heteroatoms. The molecule has 0 spiro atoms. The van der Waals surface area contributed by atoms with Gasteiger partial charge in [-0.25, -0.2) is 0 Å². The third-order valence-electron chi connectivity index (χ3n) is 1.77. The third-order valence-corrected chi connectivity index (χ3v) is 1.77. The number of allylic oxidation sites excluding steroid dienone is 2. The number of hydrogen-bond donors (Lipinski definition) is 1. The van der Waals surface area contributed by atoms with E-state index >= 15 is 0 Å². The molecule has 60 valence electrons. The van der Waals surface area contributed by atoms with Crippen molar-refractivity contribution in [2.75, 3.05) is 13.6 Å². The van der Waals surface area contributed by atoms with E-state index in [2.05, 4.69) is 16.9 Å². The standard InChI is InChI=1S/C9H14N2/c1-3-9-8(7-10-2)5-4-6-11-9/h3,7,11H,1,4-6H2,2H3. The second kappa shape index (κ2) is 3.96. The van der Waals surface area contributed by atoms with Crippen molar-refractivity contribution >= 4 is 6.21 Å². The van der Waals surface area contributed by atoms with Crippen LogP contribution in [-0.4, -0.2) is 19.8 Å². The van der Waals surface area contributed by atoms with Gasteiger partial charge in [-0.2, -0.15) is 0 Å². The minimum Gasteiger partial charge on any atom is -0.385 e. The second-order valence-electron chi connectivity index (χ2n) is 2.56. The van der Waals surface area contributed by atoms with Crippen molar-refractivity contribution < 1.29 is 0 Å². The first kappa shape index (κ1) is 8.05. The Labute approximate surface area is 67.7 Å². The van der Waals surface area contributed by atoms with Gasteiger partial charge in [0.25, 0.3) is 0 Å². The van der Waals surface area contributed by atoms with E-state index in [4.69, 9.17) is 0 Å². The third kappa shape index (κ3) is 1.93. The van der Waals surface area contributed by atoms with E-state index in [0.717, 1.165) is 18.7 Å². The highest BCUT2D eigenvalue weighted by atomic mass is 14.9. The molecule has 0 saturated carbocycles. The van der Waals surface area contributed by atoms with E-state index in [1.807, 2.05) is 12.3 Å². The fourth-order valence-electron chi connectivity index (χ4n) is 1.24. The van der Waals surface area contributed by atoms with Crippen molar-refractivity contribution in [3.63, 3.8) is 0 Å². The van der Waals surface area contributed by atoms with Crippen LogP contribution in [0.5, 0.6) is 0 Å². The number of rotatable bonds is 2. The first-order chi connectivity index (χ1) is 5.38. The lowest BCUT2D eigenvalue weighted by Gasteiger charge is -2.16. The van der Waals surface area contributed by atoms with Gasteiger partial charge in [-0.15, -0.1) is 0 Å². The maximum Gasteiger partial charge on any atom is 0.0382 e. The summed E-state index contributed by atoms with van der Waals surface area (Å²) in [6, 6.07) is 0. The number of hydrogen-bond acceptors (Lipinski definition) is 2. The first-order valence-corrected chi connectivity index (χ1v) is 3.90. The van der Waals surface area contributed by atoms with Gasteiger partial charge in [-0.3, -0.25) is 4.99 Å². The summed E-state index contributed by atoms with van der Waals surface area (Å²) in [7, 11) is 1.79. The van der Waals surface area contributed by atoms with Crippen LogP contribution in [0.1, 0.15) is 12.8 Å². The summed E-state index contributed by atoms with van der Waals surface area (Å²) in [5, 5.41) is 3.27. The minimum atomic E-state index is 1.06. The molecule has 1 N–H and O–H groups in total. The summed E-state index contributed by atoms with van der Waals surface area (Å²) in [5.41, 5.74) is 2.41. The van der Waals surface area contributed by atoms with Crippen LogP contribution in [0.3, 0.4) is 0 Å². The zero-order valence-corrected chi connectivity index (χ0v) is 6.93. The van der Waals surface area contributed by atoms with Crippen LogP contribution in [-0.2, 0) is 0 Å². The van der Waals surface area contributed by atoms with Gasteiger partial charge in [0.1, 0.15) is 0 Å². The number of aliphatic imine (C=N–C) groups is 1. The normalized spacial score (nSPS) is 18.6. The minimum absolute atomic E-state index is 1.06. The Hall–Kier alpha value is -1.05. The molecular formula is C9H14N2. The summed E-state index contributed by atoms with van der Waals surface area (Å²) >= 11 is 0. The maximum absolute atomic E-state index is 3.99. The molecule has 0 aliphatic carbocycles. The molecule has 0 amide bonds. The molecular weight excluding hydrogens is 136 g/mol. The fourth-order valence-corrected chi connectivity index (χ4v) is 1.24. The van der Waals surface area contributed by atoms with E-state index in [1.165, 1.54) is 12.0 Å². The van der Waals surface area contributed by atoms with Crippen LogP contribution in [0.15, 0.2) is 28.9 Å². The van der Waals surface area contributed by atoms with E-state index < -0.39 is 0 Å². The highest BCUT2D eigenvalue weighted by Crippen LogP contribution is 2.12. The molecule has 0 aromatic carbocycles. The van der Waals surface area contributed by atoms with Crippen molar-refractivity contribution in [3.05, 3.63) is 23.9 Å². The molecule has 1 aliphatic rings. The molecule has 1 rings (SSSR count). The first-order valence-electron chi connectivity index (χ1n) is 3.90. The Morgan fingerprint density at radius 1 is 1.64 bits per heavy atom. The fraction of sp³-hybridized carbons (Fsp3) is 0.444. The van der Waals surface area contributed by atoms with Crippen LogP contribution in [0, 0.1) is 0 Å². The average Bonchev–Trinajstić information content (AvgIpc) is 2.06. The van der Waals surface area contributed by atoms with Crippen molar-refractivity contribution in [1.29, 1.82) is 0 Å². The number of nitrogens with zero attached hydrogens (tertiary/aromatic N) is 1. The Bertz CT molecular complexity index is 202. The summed E-state index contributed by atoms with van der Waals surface area (Å²) in [5.74, 6) is 0. The SMILES string of the molecule is C=CC1=C(C=NC)CCCN1. The van der Waals surface area contributed by atoms with Gasteiger partial charge in [-0.1, -0.05) is 6.58 Å². The van der Waals surface area contributed by atoms with Gasteiger partial charge in [0.2, 0.25) is 0 Å². The predicted octanol–water partition coefficient (Wildman–Crippen LogP) is 1.51. The van der Waals surface area contributed by atoms with Gasteiger partial charge < -0.3 is 5.32 Å². The van der Waals surface area contributed by atoms with E-state index in [-0.39, 0.29) is 0 Å². The Kier molecular flexibility index (Phi) is 2.90. The van der Waals surface area contributed by atoms with Crippen molar-refractivity contribution in [1.82, 2.24) is 5.32 Å². The van der Waals surface area contributed by atoms with Crippen LogP contribution in [0.25, 0.3) is 0 Å². The Balaban J connectivity index is 2.81. The van der Waals surface area contributed by atoms with Gasteiger partial charge in [0.05, 0.1) is 0 Å². The Morgan fingerprint density at radius 2 is 2.45 bits per heavy atom. The molecule has 0 radical (unpaired) electrons. The molecule has 0 bridgehead atoms. The molecule has 2 nitrogen and oxygen atoms in total. The summed E-state index contributed by atoms with van der Waals surface area (Å²) in [6.45, 7) is 4.79. The molecule has 0 aromatic rings. The van der Waals surface area contributed by atoms with Crippen LogP contribution < -0.4 is 5.32 Å². The second-order valence-corrected chi connectivity index (χ2v) is 2.56. The lowest BCUT2D eigenvalue weighted by molar-refractivity contribution is 0.692. The lowest BCUT2D eigenvalue weighted by Crippen LogP contribution is -2.20. The quantitative estimate of drug-likeness (QED) is 0.593. The molecule has 11 heavy (non-hydrogen) atoms. The molecule has 1 aliphatic heterocycles. The van der Waals surface area contributed by atoms with Gasteiger partial charge in [-0.05, 0) is 24.5 Å². The summed E-state index contributed by atoms with van der Waals surface area (Å²) in [4.78, 5) is 3.99. The average molecular weight is 150 g/mol. The zero-order chi connectivity index (χ0) is 8.10. The molecule has 0 atom stereocenters. The van der Waals surface area contributed by atoms with Crippen LogP contribution >= 0.6 is 0 Å². The predicted molar refractivity (Wildman–Crippen MR) is 48.9 cm³/mol. The highest BCUT2D eigenvalue weighted by Gasteiger charge is 2.06. The van der Waals surface area contributed by atoms with Crippen LogP contribution in [0.4, 0.5) is 0 Å². The van der Waals surface area contributed by atoms with E-state index in [1.54, 1.807) is 7.05 Å². The van der Waals surface area contributed by atoms with Crippen molar-refractivity contribution in [3.8, 4) is 0 Å². The Morgan fingerprint density at radius 3 is 3.09 bits per heavy atom. The van der Waals surface area contributed by atoms with Crippen molar-refractivity contribution in [2.24, 2.45) is 4.99 Å². The van der Waals surface area contributed by atoms with Gasteiger partial charge >= 0.3 is 0 Å². The largest absolute Gasteiger partial charge is 0.385 e. The molecule has 0 fully saturated rings. The molecule has 1 heterocycles. The van der Waals surface area contributed by atoms with Gasteiger partial charge in [0, 0.05) is 25.5 Å². The van der Waals surface area contributed by atoms with Crippen molar-refractivity contribution in [2.45, 2.75) is 12.8 Å². The van der Waals surface area contributed by atoms with Gasteiger partial charge in [0.15, 0.2) is 0 Å². The summed E-state index contributed by atoms with van der Waals surface area (Å²) < 4.78 is 0. The molecule has 0 aromatic heterocycles. The van der Waals surface area contributed by atoms with E-state index in [9.17, 15) is 0 Å². The maximum atomic E-state index is 3.99. The van der Waals surface area contributed by atoms with Crippen LogP contribution in [0.2, 0.25) is 0 Å². The topological polar surface area (TPSA) is 24.4 Å². The lowest BCUT2D eigenvalue weighted by atomic mass is 10.1.